The van der Waals surface area contributed by atoms with Crippen LogP contribution in [0.5, 0.6) is 11.5 Å². The van der Waals surface area contributed by atoms with E-state index < -0.39 is 23.5 Å². The van der Waals surface area contributed by atoms with E-state index >= 15 is 0 Å². The third-order valence-corrected chi connectivity index (χ3v) is 2.25. The van der Waals surface area contributed by atoms with Crippen LogP contribution in [0, 0.1) is 0 Å². The first-order chi connectivity index (χ1) is 6.93. The minimum Gasteiger partial charge on any atom is -0.504 e. The van der Waals surface area contributed by atoms with Gasteiger partial charge < -0.3 is 21.1 Å². The predicted molar refractivity (Wildman–Crippen MR) is 54.1 cm³/mol. The van der Waals surface area contributed by atoms with Crippen molar-refractivity contribution in [3.63, 3.8) is 0 Å². The molecule has 0 fully saturated rings. The van der Waals surface area contributed by atoms with Gasteiger partial charge in [0.25, 0.3) is 0 Å². The summed E-state index contributed by atoms with van der Waals surface area (Å²) in [7, 11) is 0. The van der Waals surface area contributed by atoms with Crippen LogP contribution in [0.3, 0.4) is 0 Å². The van der Waals surface area contributed by atoms with Crippen LogP contribution in [0.1, 0.15) is 5.56 Å². The highest BCUT2D eigenvalue weighted by Crippen LogP contribution is 2.36. The number of nitrogens with two attached hydrogens (primary N) is 1. The van der Waals surface area contributed by atoms with E-state index in [9.17, 15) is 15.0 Å². The van der Waals surface area contributed by atoms with Crippen LogP contribution in [0.15, 0.2) is 12.1 Å². The van der Waals surface area contributed by atoms with Crippen molar-refractivity contribution in [2.75, 3.05) is 0 Å². The van der Waals surface area contributed by atoms with E-state index in [1.54, 1.807) is 0 Å². The maximum atomic E-state index is 10.5. The van der Waals surface area contributed by atoms with Crippen molar-refractivity contribution in [1.82, 2.24) is 0 Å². The minimum atomic E-state index is -1.18. The lowest BCUT2D eigenvalue weighted by molar-refractivity contribution is -0.138. The molecule has 0 aliphatic rings. The van der Waals surface area contributed by atoms with Gasteiger partial charge in [0.15, 0.2) is 11.5 Å². The number of carboxylic acids is 1. The molecular formula is C9H10ClNO4. The highest BCUT2D eigenvalue weighted by atomic mass is 35.5. The Balaban J connectivity index is 2.97. The topological polar surface area (TPSA) is 104 Å². The van der Waals surface area contributed by atoms with Gasteiger partial charge in [-0.1, -0.05) is 17.7 Å². The molecule has 0 unspecified atom stereocenters. The van der Waals surface area contributed by atoms with Gasteiger partial charge >= 0.3 is 5.97 Å². The number of aliphatic carboxylic acids is 1. The summed E-state index contributed by atoms with van der Waals surface area (Å²) in [5.74, 6) is -2.07. The second kappa shape index (κ2) is 4.37. The van der Waals surface area contributed by atoms with Crippen LogP contribution < -0.4 is 5.73 Å². The highest BCUT2D eigenvalue weighted by Gasteiger charge is 2.17. The first-order valence-electron chi connectivity index (χ1n) is 4.11. The summed E-state index contributed by atoms with van der Waals surface area (Å²) in [6.07, 6.45) is -0.0775. The molecule has 0 bridgehead atoms. The molecule has 0 aliphatic heterocycles. The van der Waals surface area contributed by atoms with Crippen LogP contribution in [-0.4, -0.2) is 27.3 Å². The SMILES string of the molecule is N[C@@H](Cc1ccc(Cl)c(O)c1O)C(=O)O. The van der Waals surface area contributed by atoms with E-state index in [1.165, 1.54) is 12.1 Å². The lowest BCUT2D eigenvalue weighted by atomic mass is 10.1. The standard InChI is InChI=1S/C9H10ClNO4/c10-5-2-1-4(7(12)8(5)13)3-6(11)9(14)15/h1-2,6,12-13H,3,11H2,(H,14,15)/t6-/m0/s1. The van der Waals surface area contributed by atoms with Crippen molar-refractivity contribution in [2.45, 2.75) is 12.5 Å². The molecular weight excluding hydrogens is 222 g/mol. The lowest BCUT2D eigenvalue weighted by Gasteiger charge is -2.09. The monoisotopic (exact) mass is 231 g/mol. The molecule has 0 aliphatic carbocycles. The molecule has 15 heavy (non-hydrogen) atoms. The average Bonchev–Trinajstić information content (AvgIpc) is 2.18. The number of halogens is 1. The third kappa shape index (κ3) is 2.51. The van der Waals surface area contributed by atoms with Crippen LogP contribution in [0.4, 0.5) is 0 Å². The van der Waals surface area contributed by atoms with Gasteiger partial charge in [-0.15, -0.1) is 0 Å². The Hall–Kier alpha value is -1.46. The zero-order valence-corrected chi connectivity index (χ0v) is 8.40. The number of carbonyl (C=O) groups is 1. The van der Waals surface area contributed by atoms with E-state index in [2.05, 4.69) is 0 Å². The fourth-order valence-electron chi connectivity index (χ4n) is 1.09. The first-order valence-corrected chi connectivity index (χ1v) is 4.49. The molecule has 0 saturated carbocycles. The van der Waals surface area contributed by atoms with Crippen molar-refractivity contribution < 1.29 is 20.1 Å². The lowest BCUT2D eigenvalue weighted by Crippen LogP contribution is -2.32. The van der Waals surface area contributed by atoms with E-state index in [1.807, 2.05) is 0 Å². The predicted octanol–water partition coefficient (Wildman–Crippen LogP) is 0.706. The molecule has 0 heterocycles. The number of benzene rings is 1. The zero-order chi connectivity index (χ0) is 11.6. The Kier molecular flexibility index (Phi) is 3.39. The van der Waals surface area contributed by atoms with E-state index in [-0.39, 0.29) is 17.0 Å². The van der Waals surface area contributed by atoms with Gasteiger partial charge in [-0.3, -0.25) is 4.79 Å². The summed E-state index contributed by atoms with van der Waals surface area (Å²) in [6, 6.07) is 1.65. The highest BCUT2D eigenvalue weighted by molar-refractivity contribution is 6.32. The average molecular weight is 232 g/mol. The Morgan fingerprint density at radius 1 is 1.40 bits per heavy atom. The number of carboxylic acid groups (broad SMARTS) is 1. The van der Waals surface area contributed by atoms with E-state index in [4.69, 9.17) is 22.4 Å². The molecule has 1 aromatic carbocycles. The molecule has 5 N–H and O–H groups in total. The number of hydrogen-bond acceptors (Lipinski definition) is 4. The van der Waals surface area contributed by atoms with Gasteiger partial charge in [-0.2, -0.15) is 0 Å². The molecule has 0 aromatic heterocycles. The van der Waals surface area contributed by atoms with E-state index in [0.29, 0.717) is 0 Å². The molecule has 0 amide bonds. The first kappa shape index (κ1) is 11.6. The molecule has 1 rings (SSSR count). The summed E-state index contributed by atoms with van der Waals surface area (Å²) < 4.78 is 0. The largest absolute Gasteiger partial charge is 0.504 e. The fraction of sp³-hybridized carbons (Fsp3) is 0.222. The number of phenolic OH excluding ortho intramolecular Hbond substituents is 2. The maximum Gasteiger partial charge on any atom is 0.320 e. The molecule has 1 atom stereocenters. The number of hydrogen-bond donors (Lipinski definition) is 4. The second-order valence-corrected chi connectivity index (χ2v) is 3.46. The Morgan fingerprint density at radius 2 is 2.00 bits per heavy atom. The van der Waals surface area contributed by atoms with Crippen LogP contribution in [0.25, 0.3) is 0 Å². The van der Waals surface area contributed by atoms with Crippen molar-refractivity contribution in [3.05, 3.63) is 22.7 Å². The Bertz CT molecular complexity index is 394. The molecule has 6 heteroatoms. The van der Waals surface area contributed by atoms with Crippen molar-refractivity contribution in [1.29, 1.82) is 0 Å². The minimum absolute atomic E-state index is 0.000136. The number of phenols is 2. The summed E-state index contributed by atoms with van der Waals surface area (Å²) in [5, 5.41) is 27.3. The molecule has 1 aromatic rings. The van der Waals surface area contributed by atoms with Crippen LogP contribution in [0.2, 0.25) is 5.02 Å². The van der Waals surface area contributed by atoms with E-state index in [0.717, 1.165) is 0 Å². The Morgan fingerprint density at radius 3 is 2.53 bits per heavy atom. The summed E-state index contributed by atoms with van der Waals surface area (Å²) in [6.45, 7) is 0. The van der Waals surface area contributed by atoms with Crippen molar-refractivity contribution in [3.8, 4) is 11.5 Å². The molecule has 0 radical (unpaired) electrons. The van der Waals surface area contributed by atoms with Gasteiger partial charge in [0.1, 0.15) is 6.04 Å². The smallest absolute Gasteiger partial charge is 0.320 e. The number of rotatable bonds is 3. The van der Waals surface area contributed by atoms with Crippen molar-refractivity contribution in [2.24, 2.45) is 5.73 Å². The quantitative estimate of drug-likeness (QED) is 0.574. The normalized spacial score (nSPS) is 12.4. The van der Waals surface area contributed by atoms with Gasteiger partial charge in [-0.05, 0) is 11.6 Å². The fourth-order valence-corrected chi connectivity index (χ4v) is 1.24. The third-order valence-electron chi connectivity index (χ3n) is 1.94. The van der Waals surface area contributed by atoms with Crippen molar-refractivity contribution >= 4 is 17.6 Å². The summed E-state index contributed by atoms with van der Waals surface area (Å²) >= 11 is 5.53. The summed E-state index contributed by atoms with van der Waals surface area (Å²) in [5.41, 5.74) is 5.52. The maximum absolute atomic E-state index is 10.5. The molecule has 5 nitrogen and oxygen atoms in total. The Labute approximate surface area is 90.7 Å². The number of aromatic hydroxyl groups is 2. The molecule has 0 saturated heterocycles. The van der Waals surface area contributed by atoms with Gasteiger partial charge in [0, 0.05) is 6.42 Å². The van der Waals surface area contributed by atoms with Crippen LogP contribution in [-0.2, 0) is 11.2 Å². The molecule has 82 valence electrons. The van der Waals surface area contributed by atoms with Gasteiger partial charge in [-0.25, -0.2) is 0 Å². The van der Waals surface area contributed by atoms with Gasteiger partial charge in [0.2, 0.25) is 0 Å². The summed E-state index contributed by atoms with van der Waals surface area (Å²) in [4.78, 5) is 10.5. The zero-order valence-electron chi connectivity index (χ0n) is 7.64. The van der Waals surface area contributed by atoms with Gasteiger partial charge in [0.05, 0.1) is 5.02 Å². The molecule has 0 spiro atoms. The van der Waals surface area contributed by atoms with Crippen LogP contribution >= 0.6 is 11.6 Å². The second-order valence-electron chi connectivity index (χ2n) is 3.05.